The lowest BCUT2D eigenvalue weighted by Gasteiger charge is -2.28. The Morgan fingerprint density at radius 3 is 2.68 bits per heavy atom. The van der Waals surface area contributed by atoms with E-state index in [2.05, 4.69) is 5.32 Å². The third kappa shape index (κ3) is 4.03. The molecule has 34 heavy (non-hydrogen) atoms. The lowest BCUT2D eigenvalue weighted by Crippen LogP contribution is -2.43. The molecule has 0 saturated heterocycles. The van der Waals surface area contributed by atoms with Crippen LogP contribution in [0.2, 0.25) is 0 Å². The van der Waals surface area contributed by atoms with E-state index in [0.29, 0.717) is 11.1 Å². The Kier molecular flexibility index (Phi) is 5.57. The summed E-state index contributed by atoms with van der Waals surface area (Å²) in [4.78, 5) is 39.0. The normalized spacial score (nSPS) is 15.1. The molecule has 3 aromatic rings. The number of halogens is 1. The SMILES string of the molecule is O=C(Cc1ccc(N2C(=O)Cc3cc4c(cc3C2=O)CCN4)c(F)c1)CS(=O)(=O)c1cccs1. The van der Waals surface area contributed by atoms with Crippen LogP contribution >= 0.6 is 11.3 Å². The molecule has 0 spiro atoms. The average molecular weight is 499 g/mol. The monoisotopic (exact) mass is 498 g/mol. The lowest BCUT2D eigenvalue weighted by molar-refractivity contribution is -0.118. The molecule has 1 aromatic heterocycles. The van der Waals surface area contributed by atoms with Gasteiger partial charge in [-0.1, -0.05) is 12.1 Å². The van der Waals surface area contributed by atoms with Crippen LogP contribution in [0.4, 0.5) is 15.8 Å². The van der Waals surface area contributed by atoms with Gasteiger partial charge in [0.1, 0.15) is 15.8 Å². The van der Waals surface area contributed by atoms with Gasteiger partial charge in [0.05, 0.1) is 12.1 Å². The Labute approximate surface area is 199 Å². The molecular weight excluding hydrogens is 479 g/mol. The van der Waals surface area contributed by atoms with E-state index in [1.807, 2.05) is 0 Å². The van der Waals surface area contributed by atoms with Crippen molar-refractivity contribution in [2.45, 2.75) is 23.5 Å². The zero-order valence-corrected chi connectivity index (χ0v) is 19.5. The first kappa shape index (κ1) is 22.4. The third-order valence-corrected chi connectivity index (χ3v) is 9.03. The van der Waals surface area contributed by atoms with Gasteiger partial charge >= 0.3 is 0 Å². The number of anilines is 2. The number of carbonyl (C=O) groups excluding carboxylic acids is 3. The highest BCUT2D eigenvalue weighted by molar-refractivity contribution is 7.94. The Bertz CT molecular complexity index is 1450. The number of carbonyl (C=O) groups is 3. The quantitative estimate of drug-likeness (QED) is 0.524. The summed E-state index contributed by atoms with van der Waals surface area (Å²) in [5.41, 5.74) is 2.94. The average Bonchev–Trinajstić information content (AvgIpc) is 3.45. The number of amides is 2. The van der Waals surface area contributed by atoms with Crippen LogP contribution in [0, 0.1) is 5.82 Å². The van der Waals surface area contributed by atoms with Crippen LogP contribution < -0.4 is 10.2 Å². The number of imide groups is 1. The van der Waals surface area contributed by atoms with Gasteiger partial charge in [0.25, 0.3) is 5.91 Å². The number of Topliss-reactive ketones (excluding diaryl/α,β-unsaturated/α-hetero) is 1. The van der Waals surface area contributed by atoms with E-state index in [1.54, 1.807) is 23.6 Å². The van der Waals surface area contributed by atoms with Gasteiger partial charge in [0.15, 0.2) is 15.6 Å². The number of fused-ring (bicyclic) bond motifs is 2. The molecule has 2 amide bonds. The molecule has 0 fully saturated rings. The Balaban J connectivity index is 1.36. The smallest absolute Gasteiger partial charge is 0.265 e. The van der Waals surface area contributed by atoms with Crippen molar-refractivity contribution in [3.8, 4) is 0 Å². The van der Waals surface area contributed by atoms with Crippen molar-refractivity contribution in [2.75, 3.05) is 22.5 Å². The van der Waals surface area contributed by atoms with E-state index >= 15 is 4.39 Å². The molecule has 10 heteroatoms. The number of hydrogen-bond donors (Lipinski definition) is 1. The van der Waals surface area contributed by atoms with Crippen LogP contribution in [-0.2, 0) is 38.7 Å². The summed E-state index contributed by atoms with van der Waals surface area (Å²) >= 11 is 1.03. The summed E-state index contributed by atoms with van der Waals surface area (Å²) in [7, 11) is -3.75. The van der Waals surface area contributed by atoms with Crippen molar-refractivity contribution < 1.29 is 27.2 Å². The molecule has 0 atom stereocenters. The van der Waals surface area contributed by atoms with E-state index in [0.717, 1.165) is 46.5 Å². The first-order valence-corrected chi connectivity index (χ1v) is 13.1. The molecule has 2 aliphatic heterocycles. The number of nitrogens with one attached hydrogen (secondary N) is 1. The van der Waals surface area contributed by atoms with Gasteiger partial charge in [-0.05, 0) is 58.8 Å². The van der Waals surface area contributed by atoms with Crippen molar-refractivity contribution in [2.24, 2.45) is 0 Å². The fourth-order valence-electron chi connectivity index (χ4n) is 4.30. The van der Waals surface area contributed by atoms with Crippen LogP contribution in [0.15, 0.2) is 52.1 Å². The molecule has 2 aliphatic rings. The van der Waals surface area contributed by atoms with E-state index in [1.165, 1.54) is 18.2 Å². The van der Waals surface area contributed by atoms with Crippen molar-refractivity contribution in [1.82, 2.24) is 0 Å². The maximum atomic E-state index is 15.0. The summed E-state index contributed by atoms with van der Waals surface area (Å²) in [5, 5.41) is 4.82. The Morgan fingerprint density at radius 1 is 1.12 bits per heavy atom. The van der Waals surface area contributed by atoms with Crippen LogP contribution in [0.5, 0.6) is 0 Å². The predicted octanol–water partition coefficient (Wildman–Crippen LogP) is 3.17. The van der Waals surface area contributed by atoms with Gasteiger partial charge in [-0.25, -0.2) is 17.7 Å². The highest BCUT2D eigenvalue weighted by atomic mass is 32.2. The molecule has 7 nitrogen and oxygen atoms in total. The maximum Gasteiger partial charge on any atom is 0.265 e. The van der Waals surface area contributed by atoms with Crippen molar-refractivity contribution in [1.29, 1.82) is 0 Å². The standard InChI is InChI=1S/C24H19FN2O5S2/c25-19-9-14(8-17(28)13-34(31,32)23-2-1-7-33-23)3-4-21(19)27-22(29)12-16-11-20-15(5-6-26-20)10-18(16)24(27)30/h1-4,7,9-11,26H,5-6,8,12-13H2. The van der Waals surface area contributed by atoms with Gasteiger partial charge in [-0.15, -0.1) is 11.3 Å². The van der Waals surface area contributed by atoms with Crippen LogP contribution in [-0.4, -0.2) is 38.3 Å². The zero-order valence-electron chi connectivity index (χ0n) is 17.8. The molecule has 0 bridgehead atoms. The van der Waals surface area contributed by atoms with Gasteiger partial charge in [-0.3, -0.25) is 14.4 Å². The molecule has 0 saturated carbocycles. The molecule has 3 heterocycles. The zero-order chi connectivity index (χ0) is 24.0. The van der Waals surface area contributed by atoms with E-state index in [9.17, 15) is 22.8 Å². The first-order chi connectivity index (χ1) is 16.2. The summed E-state index contributed by atoms with van der Waals surface area (Å²) in [5.74, 6) is -3.23. The maximum absolute atomic E-state index is 15.0. The third-order valence-electron chi connectivity index (χ3n) is 5.87. The predicted molar refractivity (Wildman–Crippen MR) is 126 cm³/mol. The summed E-state index contributed by atoms with van der Waals surface area (Å²) in [6.07, 6.45) is 0.449. The number of sulfone groups is 1. The molecule has 2 aromatic carbocycles. The van der Waals surface area contributed by atoms with Crippen LogP contribution in [0.25, 0.3) is 0 Å². The molecule has 0 aliphatic carbocycles. The Hall–Kier alpha value is -3.37. The van der Waals surface area contributed by atoms with E-state index in [4.69, 9.17) is 0 Å². The second-order valence-corrected chi connectivity index (χ2v) is 11.4. The van der Waals surface area contributed by atoms with Gasteiger partial charge in [0, 0.05) is 24.2 Å². The largest absolute Gasteiger partial charge is 0.384 e. The fourth-order valence-corrected chi connectivity index (χ4v) is 6.63. The number of thiophene rings is 1. The van der Waals surface area contributed by atoms with Gasteiger partial charge in [0.2, 0.25) is 5.91 Å². The molecule has 5 rings (SSSR count). The molecule has 174 valence electrons. The highest BCUT2D eigenvalue weighted by Crippen LogP contribution is 2.33. The summed E-state index contributed by atoms with van der Waals surface area (Å²) in [6, 6.07) is 10.3. The second-order valence-electron chi connectivity index (χ2n) is 8.25. The van der Waals surface area contributed by atoms with Crippen molar-refractivity contribution in [3.63, 3.8) is 0 Å². The molecular formula is C24H19FN2O5S2. The van der Waals surface area contributed by atoms with Gasteiger partial charge in [-0.2, -0.15) is 0 Å². The summed E-state index contributed by atoms with van der Waals surface area (Å²) < 4.78 is 39.7. The summed E-state index contributed by atoms with van der Waals surface area (Å²) in [6.45, 7) is 0.757. The highest BCUT2D eigenvalue weighted by Gasteiger charge is 2.35. The lowest BCUT2D eigenvalue weighted by atomic mass is 9.94. The van der Waals surface area contributed by atoms with Crippen LogP contribution in [0.1, 0.15) is 27.0 Å². The number of ketones is 1. The second kappa shape index (κ2) is 8.44. The minimum Gasteiger partial charge on any atom is -0.384 e. The molecule has 0 unspecified atom stereocenters. The number of nitrogens with zero attached hydrogens (tertiary/aromatic N) is 1. The van der Waals surface area contributed by atoms with E-state index < -0.39 is 39.0 Å². The molecule has 0 radical (unpaired) electrons. The first-order valence-electron chi connectivity index (χ1n) is 10.6. The number of benzene rings is 2. The molecule has 1 N–H and O–H groups in total. The topological polar surface area (TPSA) is 101 Å². The minimum atomic E-state index is -3.75. The Morgan fingerprint density at radius 2 is 1.94 bits per heavy atom. The van der Waals surface area contributed by atoms with Crippen molar-refractivity contribution >= 4 is 50.1 Å². The van der Waals surface area contributed by atoms with Gasteiger partial charge < -0.3 is 5.32 Å². The van der Waals surface area contributed by atoms with Crippen LogP contribution in [0.3, 0.4) is 0 Å². The number of rotatable bonds is 6. The van der Waals surface area contributed by atoms with Crippen molar-refractivity contribution in [3.05, 3.63) is 75.9 Å². The number of hydrogen-bond acceptors (Lipinski definition) is 7. The van der Waals surface area contributed by atoms with E-state index in [-0.39, 0.29) is 28.3 Å². The fraction of sp³-hybridized carbons (Fsp3) is 0.208. The minimum absolute atomic E-state index is 0.0315.